The van der Waals surface area contributed by atoms with Crippen molar-refractivity contribution in [1.82, 2.24) is 0 Å². The van der Waals surface area contributed by atoms with E-state index < -0.39 is 0 Å². The van der Waals surface area contributed by atoms with Crippen molar-refractivity contribution in [3.63, 3.8) is 0 Å². The van der Waals surface area contributed by atoms with E-state index in [1.54, 1.807) is 0 Å². The molecule has 0 spiro atoms. The third-order valence-electron chi connectivity index (χ3n) is 4.02. The Bertz CT molecular complexity index is 553. The van der Waals surface area contributed by atoms with Gasteiger partial charge in [-0.1, -0.05) is 85.0 Å². The fraction of sp³-hybridized carbons (Fsp3) is 0.273. The molecule has 0 aromatic heterocycles. The molecule has 0 aliphatic rings. The van der Waals surface area contributed by atoms with E-state index in [1.165, 1.54) is 24.2 Å². The Balaban J connectivity index is 1.70. The number of hydrogen-bond acceptors (Lipinski definition) is 0. The summed E-state index contributed by atoms with van der Waals surface area (Å²) in [4.78, 5) is 0. The van der Waals surface area contributed by atoms with Gasteiger partial charge < -0.3 is 4.48 Å². The van der Waals surface area contributed by atoms with E-state index in [1.807, 2.05) is 0 Å². The third-order valence-corrected chi connectivity index (χ3v) is 4.02. The zero-order valence-corrected chi connectivity index (χ0v) is 14.4. The molecule has 2 aromatic carbocycles. The van der Waals surface area contributed by atoms with Gasteiger partial charge in [0, 0.05) is 12.8 Å². The Morgan fingerprint density at radius 1 is 0.652 bits per heavy atom. The molecular formula is C22H28N+. The van der Waals surface area contributed by atoms with Crippen LogP contribution < -0.4 is 0 Å². The van der Waals surface area contributed by atoms with Crippen molar-refractivity contribution in [3.05, 3.63) is 83.9 Å². The largest absolute Gasteiger partial charge is 0.328 e. The number of hydrogen-bond donors (Lipinski definition) is 0. The molecule has 0 atom stereocenters. The summed E-state index contributed by atoms with van der Waals surface area (Å²) in [6.07, 6.45) is 11.2. The SMILES string of the molecule is C[N+](C)(CCC=Cc1ccccc1)CCC=Cc1ccccc1. The molecule has 0 saturated heterocycles. The summed E-state index contributed by atoms with van der Waals surface area (Å²) in [5, 5.41) is 0. The van der Waals surface area contributed by atoms with Crippen molar-refractivity contribution < 1.29 is 4.48 Å². The van der Waals surface area contributed by atoms with Crippen molar-refractivity contribution in [1.29, 1.82) is 0 Å². The van der Waals surface area contributed by atoms with Crippen LogP contribution in [0, 0.1) is 0 Å². The van der Waals surface area contributed by atoms with Crippen LogP contribution in [0.1, 0.15) is 24.0 Å². The summed E-state index contributed by atoms with van der Waals surface area (Å²) in [6.45, 7) is 2.34. The lowest BCUT2D eigenvalue weighted by Crippen LogP contribution is -2.40. The summed E-state index contributed by atoms with van der Waals surface area (Å²) in [5.74, 6) is 0. The molecule has 0 saturated carbocycles. The van der Waals surface area contributed by atoms with Gasteiger partial charge in [0.1, 0.15) is 0 Å². The highest BCUT2D eigenvalue weighted by Crippen LogP contribution is 2.07. The van der Waals surface area contributed by atoms with Crippen molar-refractivity contribution in [3.8, 4) is 0 Å². The number of benzene rings is 2. The van der Waals surface area contributed by atoms with Crippen molar-refractivity contribution in [2.75, 3.05) is 27.2 Å². The first kappa shape index (κ1) is 17.2. The topological polar surface area (TPSA) is 0 Å². The first-order valence-corrected chi connectivity index (χ1v) is 8.41. The molecular weight excluding hydrogens is 278 g/mol. The molecule has 1 nitrogen and oxygen atoms in total. The van der Waals surface area contributed by atoms with Gasteiger partial charge in [0.2, 0.25) is 0 Å². The molecule has 0 fully saturated rings. The Morgan fingerprint density at radius 3 is 1.43 bits per heavy atom. The second-order valence-corrected chi connectivity index (χ2v) is 6.59. The molecule has 1 heteroatoms. The minimum Gasteiger partial charge on any atom is -0.328 e. The molecule has 2 rings (SSSR count). The normalized spacial score (nSPS) is 12.3. The second kappa shape index (κ2) is 9.12. The number of rotatable bonds is 8. The van der Waals surface area contributed by atoms with Gasteiger partial charge in [0.05, 0.1) is 27.2 Å². The number of nitrogens with zero attached hydrogens (tertiary/aromatic N) is 1. The molecule has 0 heterocycles. The highest BCUT2D eigenvalue weighted by Gasteiger charge is 2.11. The minimum absolute atomic E-state index is 1.05. The van der Waals surface area contributed by atoms with Gasteiger partial charge in [-0.25, -0.2) is 0 Å². The van der Waals surface area contributed by atoms with Gasteiger partial charge in [-0.15, -0.1) is 0 Å². The predicted molar refractivity (Wildman–Crippen MR) is 102 cm³/mol. The zero-order valence-electron chi connectivity index (χ0n) is 14.4. The van der Waals surface area contributed by atoms with Gasteiger partial charge >= 0.3 is 0 Å². The minimum atomic E-state index is 1.05. The highest BCUT2D eigenvalue weighted by molar-refractivity contribution is 5.49. The van der Waals surface area contributed by atoms with Crippen LogP contribution in [0.3, 0.4) is 0 Å². The van der Waals surface area contributed by atoms with Gasteiger partial charge in [-0.05, 0) is 11.1 Å². The Morgan fingerprint density at radius 2 is 1.04 bits per heavy atom. The van der Waals surface area contributed by atoms with E-state index >= 15 is 0 Å². The number of quaternary nitrogens is 1. The maximum Gasteiger partial charge on any atom is 0.0817 e. The molecule has 0 unspecified atom stereocenters. The quantitative estimate of drug-likeness (QED) is 0.583. The van der Waals surface area contributed by atoms with E-state index in [0.29, 0.717) is 0 Å². The average molecular weight is 306 g/mol. The summed E-state index contributed by atoms with van der Waals surface area (Å²) < 4.78 is 1.05. The van der Waals surface area contributed by atoms with Crippen LogP contribution in [0.25, 0.3) is 12.2 Å². The maximum atomic E-state index is 2.31. The first-order valence-electron chi connectivity index (χ1n) is 8.41. The molecule has 0 radical (unpaired) electrons. The molecule has 0 aliphatic carbocycles. The lowest BCUT2D eigenvalue weighted by molar-refractivity contribution is -0.889. The van der Waals surface area contributed by atoms with Crippen molar-refractivity contribution >= 4 is 12.2 Å². The van der Waals surface area contributed by atoms with Gasteiger partial charge in [0.15, 0.2) is 0 Å². The fourth-order valence-corrected chi connectivity index (χ4v) is 2.53. The van der Waals surface area contributed by atoms with E-state index in [4.69, 9.17) is 0 Å². The van der Waals surface area contributed by atoms with Crippen LogP contribution in [0.4, 0.5) is 0 Å². The molecule has 0 amide bonds. The first-order chi connectivity index (χ1) is 11.2. The summed E-state index contributed by atoms with van der Waals surface area (Å²) in [6, 6.07) is 21.0. The summed E-state index contributed by atoms with van der Waals surface area (Å²) >= 11 is 0. The van der Waals surface area contributed by atoms with E-state index in [0.717, 1.165) is 17.3 Å². The van der Waals surface area contributed by atoms with Crippen molar-refractivity contribution in [2.45, 2.75) is 12.8 Å². The summed E-state index contributed by atoms with van der Waals surface area (Å²) in [5.41, 5.74) is 2.56. The molecule has 23 heavy (non-hydrogen) atoms. The van der Waals surface area contributed by atoms with Crippen LogP contribution >= 0.6 is 0 Å². The van der Waals surface area contributed by atoms with E-state index in [9.17, 15) is 0 Å². The lowest BCUT2D eigenvalue weighted by Gasteiger charge is -2.28. The van der Waals surface area contributed by atoms with Gasteiger partial charge in [-0.3, -0.25) is 0 Å². The Labute approximate surface area is 141 Å². The molecule has 0 aliphatic heterocycles. The van der Waals surface area contributed by atoms with Gasteiger partial charge in [-0.2, -0.15) is 0 Å². The molecule has 120 valence electrons. The Kier molecular flexibility index (Phi) is 6.83. The fourth-order valence-electron chi connectivity index (χ4n) is 2.53. The molecule has 0 N–H and O–H groups in total. The van der Waals surface area contributed by atoms with Gasteiger partial charge in [0.25, 0.3) is 0 Å². The predicted octanol–water partition coefficient (Wildman–Crippen LogP) is 5.27. The van der Waals surface area contributed by atoms with E-state index in [-0.39, 0.29) is 0 Å². The van der Waals surface area contributed by atoms with Crippen LogP contribution in [-0.2, 0) is 0 Å². The van der Waals surface area contributed by atoms with Crippen LogP contribution in [0.15, 0.2) is 72.8 Å². The maximum absolute atomic E-state index is 2.31. The Hall–Kier alpha value is -2.12. The molecule has 2 aromatic rings. The standard InChI is InChI=1S/C22H28N/c1-23(2,19-11-9-17-21-13-5-3-6-14-21)20-12-10-18-22-15-7-4-8-16-22/h3-10,13-18H,11-12,19-20H2,1-2H3/q+1. The van der Waals surface area contributed by atoms with Crippen LogP contribution in [0.2, 0.25) is 0 Å². The van der Waals surface area contributed by atoms with Crippen molar-refractivity contribution in [2.24, 2.45) is 0 Å². The lowest BCUT2D eigenvalue weighted by atomic mass is 10.2. The monoisotopic (exact) mass is 306 g/mol. The average Bonchev–Trinajstić information content (AvgIpc) is 2.58. The highest BCUT2D eigenvalue weighted by atomic mass is 15.3. The van der Waals surface area contributed by atoms with E-state index in [2.05, 4.69) is 99.1 Å². The second-order valence-electron chi connectivity index (χ2n) is 6.59. The molecule has 0 bridgehead atoms. The smallest absolute Gasteiger partial charge is 0.0817 e. The zero-order chi connectivity index (χ0) is 16.4. The van der Waals surface area contributed by atoms with Crippen LogP contribution in [-0.4, -0.2) is 31.7 Å². The third kappa shape index (κ3) is 7.12. The van der Waals surface area contributed by atoms with Crippen LogP contribution in [0.5, 0.6) is 0 Å². The summed E-state index contributed by atoms with van der Waals surface area (Å²) in [7, 11) is 4.62.